The Bertz CT molecular complexity index is 1700. The van der Waals surface area contributed by atoms with Gasteiger partial charge in [-0.1, -0.05) is 40.6 Å². The van der Waals surface area contributed by atoms with Crippen LogP contribution in [-0.4, -0.2) is 34.5 Å². The molecule has 0 saturated carbocycles. The number of amides is 1. The third-order valence-corrected chi connectivity index (χ3v) is 8.50. The summed E-state index contributed by atoms with van der Waals surface area (Å²) < 4.78 is 12.2. The molecule has 2 aliphatic rings. The molecule has 2 unspecified atom stereocenters. The normalized spacial score (nSPS) is 19.9. The van der Waals surface area contributed by atoms with Crippen molar-refractivity contribution in [3.05, 3.63) is 86.9 Å². The fourth-order valence-corrected chi connectivity index (χ4v) is 6.33. The number of thiazole rings is 1. The Kier molecular flexibility index (Phi) is 6.49. The maximum Gasteiger partial charge on any atom is 0.301 e. The van der Waals surface area contributed by atoms with Crippen molar-refractivity contribution in [2.75, 3.05) is 11.5 Å². The standard InChI is InChI=1S/C29H22Cl2N2O5S/c1-3-37-18-6-8-21-23(13-18)39-29(32-21)33-25(15-4-7-19(30)20(31)12-15)24(27(35)28(33)36)26(34)16-5-9-22-17(11-16)10-14(2)38-22/h4-9,11-14,25,34H,3,10H2,1-2H3/b26-24+. The van der Waals surface area contributed by atoms with Crippen LogP contribution in [0.1, 0.15) is 36.6 Å². The van der Waals surface area contributed by atoms with Crippen LogP contribution >= 0.6 is 34.5 Å². The molecule has 39 heavy (non-hydrogen) atoms. The number of carbonyl (C=O) groups excluding carboxylic acids is 2. The Labute approximate surface area is 238 Å². The first-order valence-electron chi connectivity index (χ1n) is 12.3. The number of halogens is 2. The zero-order chi connectivity index (χ0) is 27.4. The SMILES string of the molecule is CCOc1ccc2nc(N3C(=O)C(=O)/C(=C(/O)c4ccc5c(c4)CC(C)O5)C3c3ccc(Cl)c(Cl)c3)sc2c1. The van der Waals surface area contributed by atoms with Crippen molar-refractivity contribution in [3.8, 4) is 11.5 Å². The number of aliphatic hydroxyl groups is 1. The van der Waals surface area contributed by atoms with E-state index in [1.54, 1.807) is 48.5 Å². The monoisotopic (exact) mass is 580 g/mol. The van der Waals surface area contributed by atoms with Gasteiger partial charge in [0, 0.05) is 12.0 Å². The summed E-state index contributed by atoms with van der Waals surface area (Å²) in [5.41, 5.74) is 2.45. The molecule has 0 spiro atoms. The van der Waals surface area contributed by atoms with Crippen LogP contribution < -0.4 is 14.4 Å². The van der Waals surface area contributed by atoms with E-state index in [9.17, 15) is 14.7 Å². The van der Waals surface area contributed by atoms with Gasteiger partial charge in [-0.25, -0.2) is 4.98 Å². The van der Waals surface area contributed by atoms with Crippen molar-refractivity contribution in [1.82, 2.24) is 4.98 Å². The van der Waals surface area contributed by atoms with E-state index < -0.39 is 17.7 Å². The number of Topliss-reactive ketones (excluding diaryl/α,β-unsaturated/α-hetero) is 1. The second-order valence-electron chi connectivity index (χ2n) is 9.36. The molecule has 1 amide bonds. The first kappa shape index (κ1) is 25.7. The second kappa shape index (κ2) is 9.86. The number of ether oxygens (including phenoxy) is 2. The van der Waals surface area contributed by atoms with E-state index in [4.69, 9.17) is 32.7 Å². The Morgan fingerprint density at radius 2 is 1.95 bits per heavy atom. The van der Waals surface area contributed by atoms with E-state index in [1.165, 1.54) is 16.2 Å². The summed E-state index contributed by atoms with van der Waals surface area (Å²) in [6, 6.07) is 14.6. The largest absolute Gasteiger partial charge is 0.507 e. The van der Waals surface area contributed by atoms with Crippen molar-refractivity contribution in [2.24, 2.45) is 0 Å². The number of hydrogen-bond acceptors (Lipinski definition) is 7. The molecule has 0 aliphatic carbocycles. The summed E-state index contributed by atoms with van der Waals surface area (Å²) in [5, 5.41) is 12.4. The highest BCUT2D eigenvalue weighted by Gasteiger charge is 2.48. The van der Waals surface area contributed by atoms with Gasteiger partial charge in [-0.3, -0.25) is 14.5 Å². The molecular weight excluding hydrogens is 559 g/mol. The first-order valence-corrected chi connectivity index (χ1v) is 13.9. The fourth-order valence-electron chi connectivity index (χ4n) is 5.00. The summed E-state index contributed by atoms with van der Waals surface area (Å²) in [4.78, 5) is 33.1. The minimum Gasteiger partial charge on any atom is -0.507 e. The second-order valence-corrected chi connectivity index (χ2v) is 11.2. The molecule has 0 radical (unpaired) electrons. The zero-order valence-corrected chi connectivity index (χ0v) is 23.2. The van der Waals surface area contributed by atoms with Crippen LogP contribution in [0.25, 0.3) is 16.0 Å². The summed E-state index contributed by atoms with van der Waals surface area (Å²) in [6.07, 6.45) is 0.692. The van der Waals surface area contributed by atoms with Crippen molar-refractivity contribution in [2.45, 2.75) is 32.4 Å². The van der Waals surface area contributed by atoms with Crippen LogP contribution in [0.15, 0.2) is 60.2 Å². The number of aliphatic hydroxyl groups excluding tert-OH is 1. The molecule has 2 atom stereocenters. The quantitative estimate of drug-likeness (QED) is 0.156. The lowest BCUT2D eigenvalue weighted by Gasteiger charge is -2.23. The topological polar surface area (TPSA) is 89.0 Å². The highest BCUT2D eigenvalue weighted by atomic mass is 35.5. The molecule has 0 bridgehead atoms. The lowest BCUT2D eigenvalue weighted by molar-refractivity contribution is -0.132. The molecule has 4 aromatic rings. The Morgan fingerprint density at radius 1 is 1.13 bits per heavy atom. The molecule has 1 saturated heterocycles. The lowest BCUT2D eigenvalue weighted by Crippen LogP contribution is -2.29. The smallest absolute Gasteiger partial charge is 0.301 e. The Morgan fingerprint density at radius 3 is 2.72 bits per heavy atom. The highest BCUT2D eigenvalue weighted by molar-refractivity contribution is 7.22. The molecular formula is C29H22Cl2N2O5S. The van der Waals surface area contributed by atoms with Gasteiger partial charge in [-0.15, -0.1) is 0 Å². The zero-order valence-electron chi connectivity index (χ0n) is 20.9. The van der Waals surface area contributed by atoms with Crippen molar-refractivity contribution >= 4 is 67.3 Å². The van der Waals surface area contributed by atoms with Gasteiger partial charge in [0.15, 0.2) is 5.13 Å². The molecule has 6 rings (SSSR count). The van der Waals surface area contributed by atoms with Crippen molar-refractivity contribution < 1.29 is 24.2 Å². The van der Waals surface area contributed by atoms with Gasteiger partial charge in [0.25, 0.3) is 5.78 Å². The number of rotatable bonds is 5. The summed E-state index contributed by atoms with van der Waals surface area (Å²) in [5.74, 6) is -0.480. The van der Waals surface area contributed by atoms with Gasteiger partial charge in [-0.2, -0.15) is 0 Å². The van der Waals surface area contributed by atoms with Crippen molar-refractivity contribution in [3.63, 3.8) is 0 Å². The van der Waals surface area contributed by atoms with Gasteiger partial charge in [0.1, 0.15) is 23.4 Å². The molecule has 1 N–H and O–H groups in total. The average molecular weight is 581 g/mol. The summed E-state index contributed by atoms with van der Waals surface area (Å²) in [7, 11) is 0. The minimum absolute atomic E-state index is 0.0152. The molecule has 1 fully saturated rings. The number of fused-ring (bicyclic) bond motifs is 2. The summed E-state index contributed by atoms with van der Waals surface area (Å²) in [6.45, 7) is 4.37. The molecule has 1 aromatic heterocycles. The molecule has 198 valence electrons. The molecule has 2 aliphatic heterocycles. The average Bonchev–Trinajstić information content (AvgIpc) is 3.57. The molecule has 3 heterocycles. The number of anilines is 1. The first-order chi connectivity index (χ1) is 18.7. The van der Waals surface area contributed by atoms with Gasteiger partial charge in [-0.05, 0) is 73.5 Å². The molecule has 7 nitrogen and oxygen atoms in total. The van der Waals surface area contributed by atoms with Crippen LogP contribution in [0, 0.1) is 0 Å². The van der Waals surface area contributed by atoms with Crippen LogP contribution in [0.5, 0.6) is 11.5 Å². The van der Waals surface area contributed by atoms with E-state index in [2.05, 4.69) is 4.98 Å². The maximum atomic E-state index is 13.6. The number of nitrogens with zero attached hydrogens (tertiary/aromatic N) is 2. The van der Waals surface area contributed by atoms with Gasteiger partial charge in [0.05, 0.1) is 38.5 Å². The highest BCUT2D eigenvalue weighted by Crippen LogP contribution is 2.46. The number of carbonyl (C=O) groups is 2. The van der Waals surface area contributed by atoms with Gasteiger partial charge >= 0.3 is 5.91 Å². The third kappa shape index (κ3) is 4.42. The number of benzene rings is 3. The minimum atomic E-state index is -0.977. The lowest BCUT2D eigenvalue weighted by atomic mass is 9.94. The van der Waals surface area contributed by atoms with Crippen LogP contribution in [-0.2, 0) is 16.0 Å². The fraction of sp³-hybridized carbons (Fsp3) is 0.207. The van der Waals surface area contributed by atoms with E-state index in [0.29, 0.717) is 45.6 Å². The van der Waals surface area contributed by atoms with E-state index >= 15 is 0 Å². The molecule has 3 aromatic carbocycles. The van der Waals surface area contributed by atoms with Crippen LogP contribution in [0.4, 0.5) is 5.13 Å². The maximum absolute atomic E-state index is 13.6. The van der Waals surface area contributed by atoms with Crippen molar-refractivity contribution in [1.29, 1.82) is 0 Å². The Hall–Kier alpha value is -3.59. The van der Waals surface area contributed by atoms with Gasteiger partial charge < -0.3 is 14.6 Å². The van der Waals surface area contributed by atoms with Crippen LogP contribution in [0.3, 0.4) is 0 Å². The van der Waals surface area contributed by atoms with E-state index in [1.807, 2.05) is 19.9 Å². The number of ketones is 1. The molecule has 10 heteroatoms. The Balaban J connectivity index is 1.52. The summed E-state index contributed by atoms with van der Waals surface area (Å²) >= 11 is 13.8. The van der Waals surface area contributed by atoms with Crippen LogP contribution in [0.2, 0.25) is 10.0 Å². The number of aromatic nitrogens is 1. The van der Waals surface area contributed by atoms with E-state index in [0.717, 1.165) is 16.0 Å². The van der Waals surface area contributed by atoms with Gasteiger partial charge in [0.2, 0.25) is 0 Å². The van der Waals surface area contributed by atoms with E-state index in [-0.39, 0.29) is 22.5 Å². The predicted molar refractivity (Wildman–Crippen MR) is 152 cm³/mol. The third-order valence-electron chi connectivity index (χ3n) is 6.74. The number of hydrogen-bond donors (Lipinski definition) is 1. The predicted octanol–water partition coefficient (Wildman–Crippen LogP) is 6.95.